The van der Waals surface area contributed by atoms with Crippen molar-refractivity contribution in [3.05, 3.63) is 40.8 Å². The second kappa shape index (κ2) is 6.87. The Morgan fingerprint density at radius 3 is 2.81 bits per heavy atom. The fraction of sp³-hybridized carbons (Fsp3) is 0.250. The number of hydrogen-bond acceptors (Lipinski definition) is 7. The van der Waals surface area contributed by atoms with Crippen molar-refractivity contribution in [2.24, 2.45) is 4.99 Å². The van der Waals surface area contributed by atoms with Gasteiger partial charge in [0.2, 0.25) is 5.95 Å². The average Bonchev–Trinajstić information content (AvgIpc) is 2.61. The summed E-state index contributed by atoms with van der Waals surface area (Å²) in [5.41, 5.74) is 5.23. The van der Waals surface area contributed by atoms with Gasteiger partial charge in [-0.05, 0) is 19.1 Å². The van der Waals surface area contributed by atoms with Gasteiger partial charge in [-0.2, -0.15) is 10.2 Å². The van der Waals surface area contributed by atoms with Crippen molar-refractivity contribution in [1.29, 1.82) is 5.26 Å². The molecule has 0 bridgehead atoms. The number of nitriles is 1. The van der Waals surface area contributed by atoms with Gasteiger partial charge in [0.25, 0.3) is 6.43 Å². The molecule has 3 rings (SSSR count). The van der Waals surface area contributed by atoms with Crippen LogP contribution in [-0.2, 0) is 0 Å². The Hall–Kier alpha value is -3.35. The third-order valence-electron chi connectivity index (χ3n) is 3.83. The molecule has 2 aromatic rings. The van der Waals surface area contributed by atoms with Crippen LogP contribution < -0.4 is 16.4 Å². The van der Waals surface area contributed by atoms with Gasteiger partial charge < -0.3 is 16.4 Å². The van der Waals surface area contributed by atoms with Gasteiger partial charge >= 0.3 is 0 Å². The number of nitrogens with one attached hydrogen (secondary N) is 2. The molecule has 4 N–H and O–H groups in total. The SMILES string of the molecule is C[C@H](Nc1nc(N)nc(C(F)F)c1C#N)C1N=Cc2c(F)cccc2N1. The summed E-state index contributed by atoms with van der Waals surface area (Å²) >= 11 is 0. The van der Waals surface area contributed by atoms with Gasteiger partial charge in [-0.15, -0.1) is 0 Å². The third-order valence-corrected chi connectivity index (χ3v) is 3.83. The zero-order valence-electron chi connectivity index (χ0n) is 13.5. The van der Waals surface area contributed by atoms with E-state index in [9.17, 15) is 18.4 Å². The Morgan fingerprint density at radius 1 is 1.35 bits per heavy atom. The minimum atomic E-state index is -2.97. The van der Waals surface area contributed by atoms with Crippen LogP contribution in [0.25, 0.3) is 0 Å². The minimum Gasteiger partial charge on any atom is -0.368 e. The zero-order chi connectivity index (χ0) is 18.8. The van der Waals surface area contributed by atoms with Crippen molar-refractivity contribution in [2.45, 2.75) is 25.6 Å². The first kappa shape index (κ1) is 17.5. The van der Waals surface area contributed by atoms with Crippen molar-refractivity contribution in [2.75, 3.05) is 16.4 Å². The molecule has 1 aromatic heterocycles. The van der Waals surface area contributed by atoms with E-state index in [1.807, 2.05) is 0 Å². The molecule has 2 heterocycles. The molecule has 10 heteroatoms. The predicted octanol–water partition coefficient (Wildman–Crippen LogP) is 2.68. The summed E-state index contributed by atoms with van der Waals surface area (Å²) in [7, 11) is 0. The highest BCUT2D eigenvalue weighted by Gasteiger charge is 2.25. The first-order valence-electron chi connectivity index (χ1n) is 7.61. The summed E-state index contributed by atoms with van der Waals surface area (Å²) in [6.07, 6.45) is -2.11. The van der Waals surface area contributed by atoms with Crippen LogP contribution in [0.3, 0.4) is 0 Å². The molecule has 1 aliphatic heterocycles. The van der Waals surface area contributed by atoms with Crippen LogP contribution in [0.1, 0.15) is 30.2 Å². The first-order chi connectivity index (χ1) is 12.4. The molecule has 0 saturated heterocycles. The van der Waals surface area contributed by atoms with Crippen LogP contribution in [-0.4, -0.2) is 28.4 Å². The second-order valence-corrected chi connectivity index (χ2v) is 5.60. The van der Waals surface area contributed by atoms with Crippen LogP contribution in [0.2, 0.25) is 0 Å². The van der Waals surface area contributed by atoms with Gasteiger partial charge in [0.15, 0.2) is 0 Å². The van der Waals surface area contributed by atoms with Crippen LogP contribution in [0, 0.1) is 17.1 Å². The van der Waals surface area contributed by atoms with E-state index in [0.717, 1.165) is 0 Å². The zero-order valence-corrected chi connectivity index (χ0v) is 13.5. The van der Waals surface area contributed by atoms with Crippen LogP contribution in [0.4, 0.5) is 30.6 Å². The number of anilines is 3. The lowest BCUT2D eigenvalue weighted by atomic mass is 10.1. The van der Waals surface area contributed by atoms with Crippen LogP contribution in [0.5, 0.6) is 0 Å². The van der Waals surface area contributed by atoms with E-state index in [1.54, 1.807) is 25.1 Å². The Morgan fingerprint density at radius 2 is 2.12 bits per heavy atom. The summed E-state index contributed by atoms with van der Waals surface area (Å²) < 4.78 is 39.9. The number of aromatic nitrogens is 2. The highest BCUT2D eigenvalue weighted by molar-refractivity contribution is 5.90. The normalized spacial score (nSPS) is 16.5. The second-order valence-electron chi connectivity index (χ2n) is 5.60. The quantitative estimate of drug-likeness (QED) is 0.772. The summed E-state index contributed by atoms with van der Waals surface area (Å²) in [5.74, 6) is -0.888. The van der Waals surface area contributed by atoms with E-state index in [-0.39, 0.29) is 17.3 Å². The molecule has 0 fully saturated rings. The molecule has 0 amide bonds. The van der Waals surface area contributed by atoms with E-state index >= 15 is 0 Å². The fourth-order valence-corrected chi connectivity index (χ4v) is 2.56. The van der Waals surface area contributed by atoms with E-state index in [4.69, 9.17) is 5.73 Å². The van der Waals surface area contributed by atoms with Crippen molar-refractivity contribution < 1.29 is 13.2 Å². The van der Waals surface area contributed by atoms with E-state index < -0.39 is 30.1 Å². The number of nitrogens with zero attached hydrogens (tertiary/aromatic N) is 4. The molecule has 0 saturated carbocycles. The van der Waals surface area contributed by atoms with E-state index in [1.165, 1.54) is 12.3 Å². The number of aliphatic imine (C=N–C) groups is 1. The van der Waals surface area contributed by atoms with Crippen molar-refractivity contribution in [3.63, 3.8) is 0 Å². The summed E-state index contributed by atoms with van der Waals surface area (Å²) in [6.45, 7) is 1.71. The largest absolute Gasteiger partial charge is 0.368 e. The summed E-state index contributed by atoms with van der Waals surface area (Å²) in [4.78, 5) is 11.5. The summed E-state index contributed by atoms with van der Waals surface area (Å²) in [5, 5.41) is 15.1. The number of fused-ring (bicyclic) bond motifs is 1. The van der Waals surface area contributed by atoms with Gasteiger partial charge in [0.05, 0.1) is 11.6 Å². The maximum atomic E-state index is 13.7. The topological polar surface area (TPSA) is 112 Å². The smallest absolute Gasteiger partial charge is 0.281 e. The standard InChI is InChI=1S/C16H14F3N7/c1-7(14-22-6-9-10(17)3-2-4-11(9)24-14)23-15-8(5-20)12(13(18)19)25-16(21)26-15/h2-4,6-7,13-14,24H,1H3,(H3,21,23,25,26)/t7-,14?/m0/s1. The molecule has 1 aliphatic rings. The highest BCUT2D eigenvalue weighted by atomic mass is 19.3. The maximum absolute atomic E-state index is 13.7. The molecular formula is C16H14F3N7. The maximum Gasteiger partial charge on any atom is 0.281 e. The average molecular weight is 361 g/mol. The molecule has 1 aromatic carbocycles. The highest BCUT2D eigenvalue weighted by Crippen LogP contribution is 2.28. The Labute approximate surface area is 146 Å². The third kappa shape index (κ3) is 3.23. The molecule has 1 unspecified atom stereocenters. The van der Waals surface area contributed by atoms with E-state index in [0.29, 0.717) is 11.3 Å². The van der Waals surface area contributed by atoms with Crippen molar-refractivity contribution >= 4 is 23.7 Å². The van der Waals surface area contributed by atoms with Crippen molar-refractivity contribution in [1.82, 2.24) is 9.97 Å². The van der Waals surface area contributed by atoms with Gasteiger partial charge in [0.1, 0.15) is 35.1 Å². The van der Waals surface area contributed by atoms with E-state index in [2.05, 4.69) is 25.6 Å². The molecule has 26 heavy (non-hydrogen) atoms. The Balaban J connectivity index is 1.86. The van der Waals surface area contributed by atoms with Gasteiger partial charge in [-0.3, -0.25) is 4.99 Å². The molecule has 0 radical (unpaired) electrons. The molecule has 0 aliphatic carbocycles. The first-order valence-corrected chi connectivity index (χ1v) is 7.61. The number of nitrogens with two attached hydrogens (primary N) is 1. The number of halogens is 3. The molecule has 2 atom stereocenters. The lowest BCUT2D eigenvalue weighted by molar-refractivity contribution is 0.146. The summed E-state index contributed by atoms with van der Waals surface area (Å²) in [6, 6.07) is 5.77. The number of hydrogen-bond donors (Lipinski definition) is 3. The van der Waals surface area contributed by atoms with Crippen molar-refractivity contribution in [3.8, 4) is 6.07 Å². The van der Waals surface area contributed by atoms with Gasteiger partial charge in [0, 0.05) is 11.9 Å². The number of rotatable bonds is 4. The fourth-order valence-electron chi connectivity index (χ4n) is 2.56. The minimum absolute atomic E-state index is 0.107. The van der Waals surface area contributed by atoms with Gasteiger partial charge in [-0.25, -0.2) is 18.2 Å². The number of benzene rings is 1. The molecule has 0 spiro atoms. The Kier molecular flexibility index (Phi) is 4.62. The molecule has 7 nitrogen and oxygen atoms in total. The van der Waals surface area contributed by atoms with Gasteiger partial charge in [-0.1, -0.05) is 6.07 Å². The molecule has 134 valence electrons. The molecular weight excluding hydrogens is 347 g/mol. The van der Waals surface area contributed by atoms with Crippen LogP contribution in [0.15, 0.2) is 23.2 Å². The number of nitrogen functional groups attached to an aromatic ring is 1. The monoisotopic (exact) mass is 361 g/mol. The lowest BCUT2D eigenvalue weighted by Gasteiger charge is -2.28. The van der Waals surface area contributed by atoms with Crippen LogP contribution >= 0.6 is 0 Å². The predicted molar refractivity (Wildman–Crippen MR) is 90.6 cm³/mol. The Bertz CT molecular complexity index is 907. The number of alkyl halides is 2. The lowest BCUT2D eigenvalue weighted by Crippen LogP contribution is -2.38.